The number of aromatic nitrogens is 3. The molecule has 0 spiro atoms. The highest BCUT2D eigenvalue weighted by molar-refractivity contribution is 5.71. The first-order valence-corrected chi connectivity index (χ1v) is 12.3. The second-order valence-corrected chi connectivity index (χ2v) is 9.68. The molecule has 3 aromatic rings. The molecule has 0 saturated carbocycles. The summed E-state index contributed by atoms with van der Waals surface area (Å²) in [4.78, 5) is 4.89. The molecule has 0 radical (unpaired) electrons. The lowest BCUT2D eigenvalue weighted by Gasteiger charge is -2.34. The van der Waals surface area contributed by atoms with Gasteiger partial charge in [0.1, 0.15) is 17.3 Å². The number of aryl methyl sites for hydroxylation is 2. The number of rotatable bonds is 5. The van der Waals surface area contributed by atoms with E-state index in [0.29, 0.717) is 5.92 Å². The van der Waals surface area contributed by atoms with Gasteiger partial charge in [0, 0.05) is 44.4 Å². The molecule has 180 valence electrons. The van der Waals surface area contributed by atoms with E-state index in [1.54, 1.807) is 14.2 Å². The van der Waals surface area contributed by atoms with Crippen LogP contribution in [0.2, 0.25) is 0 Å². The van der Waals surface area contributed by atoms with Crippen LogP contribution < -0.4 is 14.4 Å². The van der Waals surface area contributed by atoms with E-state index >= 15 is 0 Å². The third-order valence-corrected chi connectivity index (χ3v) is 7.16. The first kappa shape index (κ1) is 22.7. The predicted octanol–water partition coefficient (Wildman–Crippen LogP) is 4.32. The largest absolute Gasteiger partial charge is 0.496 e. The van der Waals surface area contributed by atoms with Gasteiger partial charge in [0.25, 0.3) is 0 Å². The molecular weight excluding hydrogens is 426 g/mol. The number of benzene rings is 2. The van der Waals surface area contributed by atoms with Gasteiger partial charge in [-0.15, -0.1) is 10.2 Å². The van der Waals surface area contributed by atoms with Crippen LogP contribution in [0.4, 0.5) is 5.69 Å². The topological polar surface area (TPSA) is 55.7 Å². The zero-order valence-corrected chi connectivity index (χ0v) is 21.0. The highest BCUT2D eigenvalue weighted by Crippen LogP contribution is 2.40. The normalized spacial score (nSPS) is 16.2. The first-order valence-electron chi connectivity index (χ1n) is 12.3. The Morgan fingerprint density at radius 1 is 0.882 bits per heavy atom. The minimum absolute atomic E-state index is 0.310. The van der Waals surface area contributed by atoms with Crippen molar-refractivity contribution >= 4 is 5.69 Å². The maximum absolute atomic E-state index is 5.79. The lowest BCUT2D eigenvalue weighted by molar-refractivity contribution is 0.313. The summed E-state index contributed by atoms with van der Waals surface area (Å²) in [7, 11) is 5.60. The molecule has 0 bridgehead atoms. The zero-order valence-electron chi connectivity index (χ0n) is 21.0. The Balaban J connectivity index is 1.61. The minimum Gasteiger partial charge on any atom is -0.496 e. The smallest absolute Gasteiger partial charge is 0.172 e. The van der Waals surface area contributed by atoms with Crippen LogP contribution in [0.15, 0.2) is 30.3 Å². The maximum atomic E-state index is 5.79. The Bertz CT molecular complexity index is 1180. The van der Waals surface area contributed by atoms with Gasteiger partial charge < -0.3 is 19.3 Å². The second kappa shape index (κ2) is 9.29. The van der Waals surface area contributed by atoms with E-state index in [0.717, 1.165) is 79.7 Å². The number of fused-ring (bicyclic) bond motifs is 3. The van der Waals surface area contributed by atoms with Crippen LogP contribution in [0.3, 0.4) is 0 Å². The molecule has 7 nitrogen and oxygen atoms in total. The number of likely N-dealkylation sites (N-methyl/N-ethyl adjacent to an activating group) is 1. The van der Waals surface area contributed by atoms with E-state index in [2.05, 4.69) is 69.7 Å². The summed E-state index contributed by atoms with van der Waals surface area (Å²) < 4.78 is 13.7. The van der Waals surface area contributed by atoms with Gasteiger partial charge in [-0.05, 0) is 61.2 Å². The van der Waals surface area contributed by atoms with Crippen molar-refractivity contribution in [2.24, 2.45) is 0 Å². The summed E-state index contributed by atoms with van der Waals surface area (Å²) in [6.45, 7) is 8.69. The molecule has 0 amide bonds. The van der Waals surface area contributed by atoms with Gasteiger partial charge >= 0.3 is 0 Å². The number of hydrogen-bond donors (Lipinski definition) is 0. The molecule has 0 aliphatic carbocycles. The number of methoxy groups -OCH3 is 2. The average Bonchev–Trinajstić information content (AvgIpc) is 3.18. The highest BCUT2D eigenvalue weighted by atomic mass is 16.5. The van der Waals surface area contributed by atoms with E-state index in [-0.39, 0.29) is 0 Å². The van der Waals surface area contributed by atoms with Crippen LogP contribution in [0.1, 0.15) is 43.1 Å². The fourth-order valence-electron chi connectivity index (χ4n) is 5.14. The number of piperazine rings is 1. The van der Waals surface area contributed by atoms with Crippen molar-refractivity contribution in [3.63, 3.8) is 0 Å². The lowest BCUT2D eigenvalue weighted by Crippen LogP contribution is -2.44. The van der Waals surface area contributed by atoms with Gasteiger partial charge in [-0.1, -0.05) is 13.8 Å². The van der Waals surface area contributed by atoms with Crippen LogP contribution in [0.25, 0.3) is 17.1 Å². The Kier molecular flexibility index (Phi) is 6.21. The summed E-state index contributed by atoms with van der Waals surface area (Å²) in [6, 6.07) is 11.0. The van der Waals surface area contributed by atoms with E-state index < -0.39 is 0 Å². The van der Waals surface area contributed by atoms with Crippen molar-refractivity contribution < 1.29 is 9.47 Å². The molecular formula is C27H35N5O2. The van der Waals surface area contributed by atoms with Crippen molar-refractivity contribution in [3.8, 4) is 28.6 Å². The van der Waals surface area contributed by atoms with Gasteiger partial charge in [0.05, 0.1) is 25.5 Å². The molecule has 2 aromatic carbocycles. The lowest BCUT2D eigenvalue weighted by atomic mass is 9.98. The van der Waals surface area contributed by atoms with Crippen molar-refractivity contribution in [1.82, 2.24) is 19.7 Å². The summed E-state index contributed by atoms with van der Waals surface area (Å²) in [5, 5.41) is 9.29. The number of ether oxygens (including phenoxy) is 2. The zero-order chi connectivity index (χ0) is 23.8. The minimum atomic E-state index is 0.310. The third-order valence-electron chi connectivity index (χ3n) is 7.16. The SMILES string of the molecule is COc1cc(OC)c(C(C)C)cc1-c1nnc2n1-c1ccc(N3CCN(C)CC3)cc1CCC2. The highest BCUT2D eigenvalue weighted by Gasteiger charge is 2.25. The molecule has 0 unspecified atom stereocenters. The summed E-state index contributed by atoms with van der Waals surface area (Å²) in [5.74, 6) is 3.72. The Morgan fingerprint density at radius 2 is 1.65 bits per heavy atom. The third kappa shape index (κ3) is 4.02. The fourth-order valence-corrected chi connectivity index (χ4v) is 5.14. The predicted molar refractivity (Wildman–Crippen MR) is 136 cm³/mol. The van der Waals surface area contributed by atoms with E-state index in [1.165, 1.54) is 16.9 Å². The first-order chi connectivity index (χ1) is 16.5. The molecule has 34 heavy (non-hydrogen) atoms. The molecule has 7 heteroatoms. The van der Waals surface area contributed by atoms with Crippen molar-refractivity contribution in [1.29, 1.82) is 0 Å². The van der Waals surface area contributed by atoms with E-state index in [9.17, 15) is 0 Å². The molecule has 0 N–H and O–H groups in total. The van der Waals surface area contributed by atoms with E-state index in [4.69, 9.17) is 9.47 Å². The van der Waals surface area contributed by atoms with Crippen molar-refractivity contribution in [3.05, 3.63) is 47.3 Å². The Morgan fingerprint density at radius 3 is 2.35 bits per heavy atom. The summed E-state index contributed by atoms with van der Waals surface area (Å²) >= 11 is 0. The number of nitrogens with zero attached hydrogens (tertiary/aromatic N) is 5. The number of anilines is 1. The van der Waals surface area contributed by atoms with E-state index in [1.807, 2.05) is 6.07 Å². The van der Waals surface area contributed by atoms with Crippen LogP contribution in [-0.2, 0) is 12.8 Å². The van der Waals surface area contributed by atoms with Crippen molar-refractivity contribution in [2.75, 3.05) is 52.3 Å². The summed E-state index contributed by atoms with van der Waals surface area (Å²) in [5.41, 5.74) is 5.92. The average molecular weight is 462 g/mol. The van der Waals surface area contributed by atoms with Crippen LogP contribution >= 0.6 is 0 Å². The van der Waals surface area contributed by atoms with Crippen molar-refractivity contribution in [2.45, 2.75) is 39.0 Å². The van der Waals surface area contributed by atoms with Gasteiger partial charge in [-0.25, -0.2) is 0 Å². The van der Waals surface area contributed by atoms with Crippen LogP contribution in [0.5, 0.6) is 11.5 Å². The van der Waals surface area contributed by atoms with Gasteiger partial charge in [-0.3, -0.25) is 4.57 Å². The number of hydrogen-bond acceptors (Lipinski definition) is 6. The van der Waals surface area contributed by atoms with Crippen LogP contribution in [-0.4, -0.2) is 67.1 Å². The van der Waals surface area contributed by atoms with Gasteiger partial charge in [0.2, 0.25) is 0 Å². The quantitative estimate of drug-likeness (QED) is 0.564. The molecule has 2 aliphatic rings. The Hall–Kier alpha value is -3.06. The monoisotopic (exact) mass is 461 g/mol. The van der Waals surface area contributed by atoms with Gasteiger partial charge in [0.15, 0.2) is 5.82 Å². The van der Waals surface area contributed by atoms with Gasteiger partial charge in [-0.2, -0.15) is 0 Å². The molecule has 5 rings (SSSR count). The molecule has 3 heterocycles. The molecule has 1 aromatic heterocycles. The Labute approximate surface area is 202 Å². The second-order valence-electron chi connectivity index (χ2n) is 9.68. The molecule has 0 atom stereocenters. The molecule has 1 fully saturated rings. The molecule has 2 aliphatic heterocycles. The summed E-state index contributed by atoms with van der Waals surface area (Å²) in [6.07, 6.45) is 3.01. The maximum Gasteiger partial charge on any atom is 0.172 e. The van der Waals surface area contributed by atoms with Crippen LogP contribution in [0, 0.1) is 0 Å². The molecule has 1 saturated heterocycles. The standard InChI is InChI=1S/C27H35N5O2/c1-18(2)21-16-22(25(34-5)17-24(21)33-4)27-29-28-26-8-6-7-19-15-20(9-10-23(19)32(26)27)31-13-11-30(3)12-14-31/h9-10,15-18H,6-8,11-14H2,1-5H3. The fraction of sp³-hybridized carbons (Fsp3) is 0.481.